The Morgan fingerprint density at radius 1 is 1.29 bits per heavy atom. The summed E-state index contributed by atoms with van der Waals surface area (Å²) in [5.74, 6) is -0.0430. The van der Waals surface area contributed by atoms with Gasteiger partial charge < -0.3 is 14.1 Å². The second kappa shape index (κ2) is 9.48. The van der Waals surface area contributed by atoms with E-state index < -0.39 is 5.97 Å². The lowest BCUT2D eigenvalue weighted by atomic mass is 10.3. The first-order valence-electron chi connectivity index (χ1n) is 10.7. The number of carbonyl (C=O) groups excluding carboxylic acids is 1. The van der Waals surface area contributed by atoms with Crippen LogP contribution in [0.4, 0.5) is 10.1 Å². The van der Waals surface area contributed by atoms with Gasteiger partial charge in [-0.15, -0.1) is 11.3 Å². The van der Waals surface area contributed by atoms with Crippen molar-refractivity contribution >= 4 is 57.2 Å². The van der Waals surface area contributed by atoms with Gasteiger partial charge in [0, 0.05) is 18.5 Å². The fourth-order valence-electron chi connectivity index (χ4n) is 3.80. The van der Waals surface area contributed by atoms with Gasteiger partial charge in [-0.1, -0.05) is 23.1 Å². The number of halogens is 1. The number of esters is 1. The highest BCUT2D eigenvalue weighted by Gasteiger charge is 2.25. The van der Waals surface area contributed by atoms with E-state index in [-0.39, 0.29) is 17.1 Å². The molecule has 0 N–H and O–H groups in total. The number of rotatable bonds is 5. The molecule has 0 unspecified atom stereocenters. The summed E-state index contributed by atoms with van der Waals surface area (Å²) in [6, 6.07) is 8.00. The molecule has 5 rings (SSSR count). The first kappa shape index (κ1) is 23.6. The van der Waals surface area contributed by atoms with Crippen LogP contribution in [0.25, 0.3) is 11.1 Å². The van der Waals surface area contributed by atoms with E-state index in [0.29, 0.717) is 23.4 Å². The summed E-state index contributed by atoms with van der Waals surface area (Å²) in [4.78, 5) is 27.7. The highest BCUT2D eigenvalue weighted by atomic mass is 32.2. The maximum Gasteiger partial charge on any atom is 0.373 e. The number of thiazole rings is 2. The summed E-state index contributed by atoms with van der Waals surface area (Å²) in [6.45, 7) is 2.89. The first-order valence-corrected chi connectivity index (χ1v) is 13.2. The molecule has 0 saturated heterocycles. The molecule has 7 nitrogen and oxygen atoms in total. The number of aromatic nitrogens is 2. The van der Waals surface area contributed by atoms with Gasteiger partial charge in [0.1, 0.15) is 20.0 Å². The Balaban J connectivity index is 1.55. The number of methoxy groups -OCH3 is 1. The third-order valence-corrected chi connectivity index (χ3v) is 8.87. The standard InChI is InChI=1S/C24H21FN3O4S3/c1-4-28-20(12-19-27(9-10-33-19)13-15-6-8-17(32-15)24(30)31-3)35-21(22(28)29)23-26(2)16-7-5-14(25)11-18(16)34-23/h5-12H,4,13H2,1-3H3/q+1/b23-21+. The van der Waals surface area contributed by atoms with E-state index in [2.05, 4.69) is 0 Å². The minimum Gasteiger partial charge on any atom is -0.463 e. The van der Waals surface area contributed by atoms with Crippen LogP contribution in [0.3, 0.4) is 0 Å². The molecule has 0 saturated carbocycles. The normalized spacial score (nSPS) is 15.1. The molecule has 4 heterocycles. The van der Waals surface area contributed by atoms with E-state index in [1.165, 1.54) is 42.3 Å². The molecule has 1 aromatic carbocycles. The zero-order valence-corrected chi connectivity index (χ0v) is 21.6. The molecule has 0 atom stereocenters. The molecule has 11 heteroatoms. The van der Waals surface area contributed by atoms with Crippen LogP contribution in [0.5, 0.6) is 0 Å². The third kappa shape index (κ3) is 4.35. The van der Waals surface area contributed by atoms with Crippen LogP contribution in [0.15, 0.2) is 56.0 Å². The van der Waals surface area contributed by atoms with Gasteiger partial charge in [-0.25, -0.2) is 9.18 Å². The van der Waals surface area contributed by atoms with Crippen molar-refractivity contribution < 1.29 is 22.9 Å². The van der Waals surface area contributed by atoms with Crippen LogP contribution >= 0.6 is 34.4 Å². The zero-order valence-electron chi connectivity index (χ0n) is 19.1. The van der Waals surface area contributed by atoms with Crippen molar-refractivity contribution in [3.8, 4) is 0 Å². The molecular weight excluding hydrogens is 509 g/mol. The number of carbonyl (C=O) groups is 1. The second-order valence-corrected chi connectivity index (χ2v) is 10.7. The van der Waals surface area contributed by atoms with Crippen molar-refractivity contribution in [1.82, 2.24) is 4.57 Å². The predicted molar refractivity (Wildman–Crippen MR) is 135 cm³/mol. The van der Waals surface area contributed by atoms with Crippen molar-refractivity contribution in [2.75, 3.05) is 19.1 Å². The van der Waals surface area contributed by atoms with Gasteiger partial charge in [-0.2, -0.15) is 4.57 Å². The lowest BCUT2D eigenvalue weighted by Crippen LogP contribution is -2.36. The Hall–Kier alpha value is -3.15. The summed E-state index contributed by atoms with van der Waals surface area (Å²) >= 11 is 4.37. The summed E-state index contributed by atoms with van der Waals surface area (Å²) in [5, 5.41) is 3.69. The summed E-state index contributed by atoms with van der Waals surface area (Å²) in [7, 11) is 3.20. The van der Waals surface area contributed by atoms with Gasteiger partial charge in [0.2, 0.25) is 12.3 Å². The Bertz CT molecular complexity index is 1620. The van der Waals surface area contributed by atoms with Crippen LogP contribution in [0, 0.1) is 5.82 Å². The van der Waals surface area contributed by atoms with Gasteiger partial charge in [-0.05, 0) is 37.3 Å². The van der Waals surface area contributed by atoms with Gasteiger partial charge in [0.05, 0.1) is 24.3 Å². The molecular formula is C24H21FN3O4S3+. The van der Waals surface area contributed by atoms with Crippen LogP contribution in [-0.2, 0) is 17.8 Å². The maximum absolute atomic E-state index is 13.7. The number of fused-ring (bicyclic) bond motifs is 1. The molecule has 35 heavy (non-hydrogen) atoms. The number of anilines is 1. The van der Waals surface area contributed by atoms with Gasteiger partial charge in [-0.3, -0.25) is 9.36 Å². The van der Waals surface area contributed by atoms with Crippen LogP contribution in [-0.4, -0.2) is 24.7 Å². The molecule has 1 aliphatic heterocycles. The van der Waals surface area contributed by atoms with E-state index in [1.54, 1.807) is 34.1 Å². The second-order valence-electron chi connectivity index (χ2n) is 7.67. The smallest absolute Gasteiger partial charge is 0.373 e. The summed E-state index contributed by atoms with van der Waals surface area (Å²) in [5.41, 5.74) is 0.817. The van der Waals surface area contributed by atoms with Crippen LogP contribution in [0.2, 0.25) is 0 Å². The maximum atomic E-state index is 13.7. The molecule has 0 fully saturated rings. The SMILES string of the molecule is CCn1c(=O)/c(=C2\Sc3cc(F)ccc3N2C)s/c1=C\c1scc[n+]1Cc1ccc(C(=O)OC)o1. The Labute approximate surface area is 212 Å². The summed E-state index contributed by atoms with van der Waals surface area (Å²) in [6.07, 6.45) is 3.92. The Morgan fingerprint density at radius 2 is 2.11 bits per heavy atom. The number of benzene rings is 1. The molecule has 3 aromatic heterocycles. The molecule has 4 aromatic rings. The lowest BCUT2D eigenvalue weighted by molar-refractivity contribution is -0.686. The minimum atomic E-state index is -0.520. The molecule has 0 amide bonds. The average molecular weight is 531 g/mol. The van der Waals surface area contributed by atoms with Crippen molar-refractivity contribution in [2.24, 2.45) is 0 Å². The lowest BCUT2D eigenvalue weighted by Gasteiger charge is -2.12. The van der Waals surface area contributed by atoms with Gasteiger partial charge >= 0.3 is 5.97 Å². The fraction of sp³-hybridized carbons (Fsp3) is 0.208. The molecule has 0 bridgehead atoms. The van der Waals surface area contributed by atoms with E-state index in [0.717, 1.165) is 25.3 Å². The highest BCUT2D eigenvalue weighted by Crippen LogP contribution is 2.45. The number of hydrogen-bond donors (Lipinski definition) is 0. The fourth-order valence-corrected chi connectivity index (χ4v) is 7.15. The Morgan fingerprint density at radius 3 is 2.89 bits per heavy atom. The van der Waals surface area contributed by atoms with Gasteiger partial charge in [0.15, 0.2) is 12.0 Å². The quantitative estimate of drug-likeness (QED) is 0.292. The summed E-state index contributed by atoms with van der Waals surface area (Å²) < 4.78 is 29.2. The molecule has 180 valence electrons. The van der Waals surface area contributed by atoms with Crippen molar-refractivity contribution in [3.63, 3.8) is 0 Å². The predicted octanol–water partition coefficient (Wildman–Crippen LogP) is 2.98. The molecule has 0 aliphatic carbocycles. The number of nitrogens with zero attached hydrogens (tertiary/aromatic N) is 3. The van der Waals surface area contributed by atoms with Crippen LogP contribution in [0.1, 0.15) is 28.2 Å². The topological polar surface area (TPSA) is 68.6 Å². The molecule has 0 radical (unpaired) electrons. The first-order chi connectivity index (χ1) is 16.9. The van der Waals surface area contributed by atoms with E-state index in [4.69, 9.17) is 9.15 Å². The number of thioether (sulfide) groups is 1. The van der Waals surface area contributed by atoms with E-state index in [9.17, 15) is 14.0 Å². The van der Waals surface area contributed by atoms with Crippen LogP contribution < -0.4 is 24.2 Å². The highest BCUT2D eigenvalue weighted by molar-refractivity contribution is 8.08. The van der Waals surface area contributed by atoms with Crippen molar-refractivity contribution in [1.29, 1.82) is 0 Å². The largest absolute Gasteiger partial charge is 0.463 e. The Kier molecular flexibility index (Phi) is 6.39. The monoisotopic (exact) mass is 530 g/mol. The zero-order chi connectivity index (χ0) is 24.7. The number of ether oxygens (including phenoxy) is 1. The van der Waals surface area contributed by atoms with Crippen molar-refractivity contribution in [2.45, 2.75) is 24.9 Å². The van der Waals surface area contributed by atoms with Crippen molar-refractivity contribution in [3.05, 3.63) is 83.8 Å². The number of furan rings is 1. The molecule has 0 spiro atoms. The van der Waals surface area contributed by atoms with E-state index >= 15 is 0 Å². The minimum absolute atomic E-state index is 0.0664. The third-order valence-electron chi connectivity index (χ3n) is 5.55. The average Bonchev–Trinajstić information content (AvgIpc) is 3.62. The number of hydrogen-bond acceptors (Lipinski definition) is 8. The van der Waals surface area contributed by atoms with E-state index in [1.807, 2.05) is 41.1 Å². The molecule has 1 aliphatic rings. The van der Waals surface area contributed by atoms with Gasteiger partial charge in [0.25, 0.3) is 10.6 Å².